The normalized spacial score (nSPS) is 17.1. The predicted octanol–water partition coefficient (Wildman–Crippen LogP) is 16.6. The van der Waals surface area contributed by atoms with Crippen molar-refractivity contribution in [1.29, 1.82) is 0 Å². The van der Waals surface area contributed by atoms with E-state index in [9.17, 15) is 43.5 Å². The van der Waals surface area contributed by atoms with Crippen LogP contribution in [0.4, 0.5) is 0 Å². The molecule has 2 aromatic rings. The van der Waals surface area contributed by atoms with Gasteiger partial charge in [-0.15, -0.1) is 0 Å². The summed E-state index contributed by atoms with van der Waals surface area (Å²) in [5.74, 6) is -2.85. The fourth-order valence-corrected chi connectivity index (χ4v) is 15.8. The Balaban J connectivity index is 0. The number of halogens is 1. The summed E-state index contributed by atoms with van der Waals surface area (Å²) in [5.41, 5.74) is -4.30. The lowest BCUT2D eigenvalue weighted by atomic mass is 9.72. The highest BCUT2D eigenvalue weighted by molar-refractivity contribution is 7.18. The lowest BCUT2D eigenvalue weighted by molar-refractivity contribution is -0.163. The molecule has 716 valence electrons. The van der Waals surface area contributed by atoms with Crippen LogP contribution in [0.5, 0.6) is 0 Å². The van der Waals surface area contributed by atoms with Crippen molar-refractivity contribution in [3.63, 3.8) is 0 Å². The SMILES string of the molecule is CCC(C)(CC(C)(C)C(=O)OC)C(=O)OCCCCC(CO[Si](C)(C)C)O[Si](C)(C)C.CCC(C)(CC(C)(C)C(=O)OC)C(=O)OCCCCC(O)CO.CCC(C)(CC(C)(C)C(=O)OC)C(=O)OCCCCC1COB(c2ccccc2)O1.CCC(C)(CC(C)(C)C(=O)OC)C(=O)OCCCCC1COC(C)(C)O1.C[Si](C)(C)Cl.OB(O)c1ccccc1. The second-order valence-electron chi connectivity index (χ2n) is 39.6. The number of carbonyl (C=O) groups is 8. The van der Waals surface area contributed by atoms with Crippen molar-refractivity contribution < 1.29 is 124 Å². The van der Waals surface area contributed by atoms with Crippen molar-refractivity contribution in [2.24, 2.45) is 43.3 Å². The minimum atomic E-state index is -1.66. The summed E-state index contributed by atoms with van der Waals surface area (Å²) < 4.78 is 76.8. The van der Waals surface area contributed by atoms with Crippen LogP contribution in [-0.2, 0) is 104 Å². The van der Waals surface area contributed by atoms with E-state index in [2.05, 4.69) is 58.9 Å². The molecule has 2 aliphatic rings. The molecule has 4 N–H and O–H groups in total. The molecule has 0 amide bonds. The summed E-state index contributed by atoms with van der Waals surface area (Å²) in [5, 5.41) is 35.1. The van der Waals surface area contributed by atoms with Crippen LogP contribution in [0.3, 0.4) is 0 Å². The fraction of sp³-hybridized carbons (Fsp3) is 0.783. The van der Waals surface area contributed by atoms with E-state index in [1.165, 1.54) is 28.4 Å². The Hall–Kier alpha value is -5.13. The maximum Gasteiger partial charge on any atom is 0.494 e. The molecule has 0 aliphatic carbocycles. The molecule has 32 heteroatoms. The van der Waals surface area contributed by atoms with Crippen molar-refractivity contribution in [1.82, 2.24) is 0 Å². The van der Waals surface area contributed by atoms with Gasteiger partial charge in [-0.2, -0.15) is 11.1 Å². The van der Waals surface area contributed by atoms with Crippen LogP contribution in [0.25, 0.3) is 0 Å². The van der Waals surface area contributed by atoms with E-state index < -0.39 is 86.3 Å². The van der Waals surface area contributed by atoms with E-state index in [-0.39, 0.29) is 86.4 Å². The number of ether oxygens (including phenoxy) is 10. The molecule has 8 atom stereocenters. The molecular weight excluding hydrogens is 1660 g/mol. The fourth-order valence-electron chi connectivity index (χ4n) is 13.9. The first-order valence-corrected chi connectivity index (χ1v) is 55.8. The summed E-state index contributed by atoms with van der Waals surface area (Å²) in [7, 11) is -0.569. The van der Waals surface area contributed by atoms with Gasteiger partial charge < -0.3 is 85.8 Å². The van der Waals surface area contributed by atoms with Crippen LogP contribution < -0.4 is 10.9 Å². The number of methoxy groups -OCH3 is 4. The highest BCUT2D eigenvalue weighted by Gasteiger charge is 2.47. The smallest absolute Gasteiger partial charge is 0.469 e. The van der Waals surface area contributed by atoms with Crippen molar-refractivity contribution >= 4 is 108 Å². The second kappa shape index (κ2) is 57.8. The summed E-state index contributed by atoms with van der Waals surface area (Å²) in [6.07, 6.45) is 12.9. The number of esters is 8. The van der Waals surface area contributed by atoms with Crippen LogP contribution in [-0.4, -0.2) is 218 Å². The Morgan fingerprint density at radius 3 is 1.09 bits per heavy atom. The van der Waals surface area contributed by atoms with Gasteiger partial charge in [-0.3, -0.25) is 38.4 Å². The number of aliphatic hydroxyl groups excluding tert-OH is 2. The van der Waals surface area contributed by atoms with E-state index in [0.717, 1.165) is 63.3 Å². The van der Waals surface area contributed by atoms with Gasteiger partial charge in [0.1, 0.15) is 7.38 Å². The highest BCUT2D eigenvalue weighted by Crippen LogP contribution is 2.43. The molecule has 0 aromatic heterocycles. The number of rotatable bonds is 48. The average molecular weight is 1830 g/mol. The van der Waals surface area contributed by atoms with Crippen LogP contribution in [0.2, 0.25) is 58.9 Å². The largest absolute Gasteiger partial charge is 0.494 e. The topological polar surface area (TPSA) is 347 Å². The average Bonchev–Trinajstić information content (AvgIpc) is 1.56. The minimum Gasteiger partial charge on any atom is -0.469 e. The minimum absolute atomic E-state index is 0.0627. The number of hydrogen-bond donors (Lipinski definition) is 4. The van der Waals surface area contributed by atoms with Gasteiger partial charge in [0.25, 0.3) is 0 Å². The van der Waals surface area contributed by atoms with Crippen LogP contribution in [0.1, 0.15) is 253 Å². The molecule has 0 radical (unpaired) electrons. The van der Waals surface area contributed by atoms with Gasteiger partial charge in [0.2, 0.25) is 0 Å². The molecule has 0 spiro atoms. The Bertz CT molecular complexity index is 3370. The first-order valence-electron chi connectivity index (χ1n) is 44.4. The van der Waals surface area contributed by atoms with Crippen molar-refractivity contribution in [2.75, 3.05) is 81.3 Å². The Morgan fingerprint density at radius 2 is 0.806 bits per heavy atom. The van der Waals surface area contributed by atoms with E-state index in [1.54, 1.807) is 86.6 Å². The Morgan fingerprint density at radius 1 is 0.484 bits per heavy atom. The summed E-state index contributed by atoms with van der Waals surface area (Å²) in [6.45, 7) is 55.6. The Kier molecular flexibility index (Phi) is 56.4. The summed E-state index contributed by atoms with van der Waals surface area (Å²) >= 11 is 5.67. The quantitative estimate of drug-likeness (QED) is 0.0157. The van der Waals surface area contributed by atoms with Gasteiger partial charge in [-0.05, 0) is 276 Å². The molecule has 8 unspecified atom stereocenters. The lowest BCUT2D eigenvalue weighted by Crippen LogP contribution is -2.38. The van der Waals surface area contributed by atoms with E-state index >= 15 is 0 Å². The zero-order chi connectivity index (χ0) is 96.0. The molecule has 2 aromatic carbocycles. The molecule has 2 heterocycles. The number of unbranched alkanes of at least 4 members (excludes halogenated alkanes) is 4. The number of carbonyl (C=O) groups excluding carboxylic acids is 8. The summed E-state index contributed by atoms with van der Waals surface area (Å²) in [4.78, 5) is 98.2. The molecule has 0 bridgehead atoms. The first-order chi connectivity index (χ1) is 57.1. The third-order valence-electron chi connectivity index (χ3n) is 21.4. The second-order valence-corrected chi connectivity index (χ2v) is 56.2. The zero-order valence-corrected chi connectivity index (χ0v) is 85.9. The van der Waals surface area contributed by atoms with Gasteiger partial charge in [-0.25, -0.2) is 0 Å². The molecule has 26 nitrogen and oxygen atoms in total. The molecule has 0 saturated carbocycles. The number of aliphatic hydroxyl groups is 2. The van der Waals surface area contributed by atoms with Crippen LogP contribution >= 0.6 is 11.1 Å². The van der Waals surface area contributed by atoms with Gasteiger partial charge in [0.05, 0.1) is 149 Å². The maximum atomic E-state index is 12.8. The van der Waals surface area contributed by atoms with Crippen LogP contribution in [0.15, 0.2) is 60.7 Å². The standard InChI is InChI=1S/C23H35BO6.C23H48O6Si2.C20H36O6.C17H32O6.C6H7BO2.C3H9ClSi/c1-6-23(4,17-22(2,3)20(25)27-5)21(26)28-15-11-10-14-19-16-29-24(30-19)18-12-8-7-9-13-18;1-12-23(4,18-22(2,3)20(24)26-5)21(25)27-16-14-13-15-19(29-31(9,10)11)17-28-30(6,7)8;1-8-20(6,14-18(2,3)16(21)23-7)17(22)24-12-10-9-11-15-13-25-19(4,5)26-15;1-6-17(4,12-16(2,3)14(20)22-5)15(21)23-10-8-7-9-13(19)11-18;8-7(9)6-4-2-1-3-5-6;1-5(2,3)4/h7-9,12-13,19H,6,10-11,14-17H2,1-5H3;19H,12-18H2,1-11H3;15H,8-14H2,1-7H3;13,18-19H,6-12H2,1-5H3;1-5,8-9H;1-3H3. The first kappa shape index (κ1) is 121. The van der Waals surface area contributed by atoms with Crippen molar-refractivity contribution in [3.8, 4) is 0 Å². The number of hydrogen-bond acceptors (Lipinski definition) is 26. The molecule has 4 rings (SSSR count). The van der Waals surface area contributed by atoms with E-state index in [4.69, 9.17) is 91.8 Å². The van der Waals surface area contributed by atoms with Gasteiger partial charge in [0.15, 0.2) is 22.4 Å². The predicted molar refractivity (Wildman–Crippen MR) is 498 cm³/mol. The number of benzene rings is 2. The third kappa shape index (κ3) is 50.7. The summed E-state index contributed by atoms with van der Waals surface area (Å²) in [6, 6.07) is 18.6. The maximum absolute atomic E-state index is 12.8. The van der Waals surface area contributed by atoms with Crippen LogP contribution in [0, 0.1) is 43.3 Å². The highest BCUT2D eigenvalue weighted by atomic mass is 35.6. The molecule has 2 fully saturated rings. The third-order valence-corrected chi connectivity index (χ3v) is 23.5. The lowest BCUT2D eigenvalue weighted by Gasteiger charge is -2.33. The zero-order valence-electron chi connectivity index (χ0n) is 82.2. The van der Waals surface area contributed by atoms with E-state index in [1.807, 2.05) is 98.7 Å². The van der Waals surface area contributed by atoms with Gasteiger partial charge in [-0.1, -0.05) is 108 Å². The van der Waals surface area contributed by atoms with Gasteiger partial charge >= 0.3 is 62.0 Å². The monoisotopic (exact) mass is 1830 g/mol. The van der Waals surface area contributed by atoms with Crippen molar-refractivity contribution in [3.05, 3.63) is 60.7 Å². The van der Waals surface area contributed by atoms with Crippen molar-refractivity contribution in [2.45, 2.75) is 342 Å². The Labute approximate surface area is 755 Å². The molecule has 124 heavy (non-hydrogen) atoms. The molecular formula is C92H167B2ClO26Si3. The molecule has 2 saturated heterocycles. The van der Waals surface area contributed by atoms with E-state index in [0.29, 0.717) is 116 Å². The van der Waals surface area contributed by atoms with Gasteiger partial charge in [0, 0.05) is 0 Å². The molecule has 2 aliphatic heterocycles.